The predicted octanol–water partition coefficient (Wildman–Crippen LogP) is 3.57. The van der Waals surface area contributed by atoms with E-state index in [0.717, 1.165) is 22.1 Å². The Kier molecular flexibility index (Phi) is 2.12. The summed E-state index contributed by atoms with van der Waals surface area (Å²) in [6, 6.07) is 18.4. The van der Waals surface area contributed by atoms with Gasteiger partial charge in [-0.15, -0.1) is 0 Å². The molecule has 0 amide bonds. The first kappa shape index (κ1) is 10.3. The number of aromatic nitrogens is 3. The van der Waals surface area contributed by atoms with Crippen LogP contribution in [0.5, 0.6) is 0 Å². The summed E-state index contributed by atoms with van der Waals surface area (Å²) in [7, 11) is 0. The molecule has 0 spiro atoms. The summed E-state index contributed by atoms with van der Waals surface area (Å²) in [5.41, 5.74) is 1.08. The van der Waals surface area contributed by atoms with Crippen molar-refractivity contribution in [3.63, 3.8) is 0 Å². The summed E-state index contributed by atoms with van der Waals surface area (Å²) in [5.74, 6) is 0.874. The van der Waals surface area contributed by atoms with E-state index in [1.165, 1.54) is 5.39 Å². The third-order valence-electron chi connectivity index (χ3n) is 3.33. The lowest BCUT2D eigenvalue weighted by molar-refractivity contribution is 0.884. The molecule has 0 saturated heterocycles. The van der Waals surface area contributed by atoms with Crippen LogP contribution in [-0.4, -0.2) is 14.8 Å². The van der Waals surface area contributed by atoms with Crippen molar-refractivity contribution in [2.75, 3.05) is 0 Å². The van der Waals surface area contributed by atoms with Crippen molar-refractivity contribution in [2.45, 2.75) is 0 Å². The Morgan fingerprint density at radius 1 is 0.789 bits per heavy atom. The molecule has 2 heterocycles. The lowest BCUT2D eigenvalue weighted by atomic mass is 10.1. The highest BCUT2D eigenvalue weighted by Crippen LogP contribution is 2.23. The molecule has 3 heteroatoms. The van der Waals surface area contributed by atoms with Gasteiger partial charge in [0.1, 0.15) is 0 Å². The molecule has 90 valence electrons. The quantitative estimate of drug-likeness (QED) is 0.513. The molecule has 0 fully saturated rings. The van der Waals surface area contributed by atoms with Crippen LogP contribution in [0.2, 0.25) is 0 Å². The minimum atomic E-state index is 0.874. The molecular formula is C16H11N3. The number of benzene rings is 2. The smallest absolute Gasteiger partial charge is 0.161 e. The standard InChI is InChI=1S/C16H11N3/c1-3-7-14-12(5-1)9-10-17-16(14)19-15-8-4-2-6-13(15)11-18-19/h1-11H. The Hall–Kier alpha value is -2.68. The van der Waals surface area contributed by atoms with Crippen LogP contribution in [0.15, 0.2) is 67.0 Å². The number of para-hydroxylation sites is 1. The Morgan fingerprint density at radius 3 is 2.53 bits per heavy atom. The van der Waals surface area contributed by atoms with Crippen molar-refractivity contribution in [1.29, 1.82) is 0 Å². The SMILES string of the molecule is c1ccc2c(-n3ncc4ccccc43)nccc2c1. The minimum Gasteiger partial charge on any atom is -0.237 e. The summed E-state index contributed by atoms with van der Waals surface area (Å²) < 4.78 is 1.90. The average molecular weight is 245 g/mol. The van der Waals surface area contributed by atoms with E-state index >= 15 is 0 Å². The van der Waals surface area contributed by atoms with Gasteiger partial charge in [0.25, 0.3) is 0 Å². The number of pyridine rings is 1. The van der Waals surface area contributed by atoms with Crippen molar-refractivity contribution >= 4 is 21.7 Å². The molecule has 0 atom stereocenters. The molecular weight excluding hydrogens is 234 g/mol. The Labute approximate surface area is 110 Å². The van der Waals surface area contributed by atoms with E-state index < -0.39 is 0 Å². The van der Waals surface area contributed by atoms with Gasteiger partial charge in [0.15, 0.2) is 5.82 Å². The van der Waals surface area contributed by atoms with Crippen molar-refractivity contribution in [3.8, 4) is 5.82 Å². The molecule has 0 aliphatic rings. The maximum atomic E-state index is 4.50. The zero-order valence-corrected chi connectivity index (χ0v) is 10.2. The van der Waals surface area contributed by atoms with E-state index in [9.17, 15) is 0 Å². The van der Waals surface area contributed by atoms with Gasteiger partial charge in [-0.2, -0.15) is 5.10 Å². The van der Waals surface area contributed by atoms with E-state index in [4.69, 9.17) is 0 Å². The van der Waals surface area contributed by atoms with Crippen LogP contribution < -0.4 is 0 Å². The largest absolute Gasteiger partial charge is 0.237 e. The van der Waals surface area contributed by atoms with Crippen LogP contribution in [0.3, 0.4) is 0 Å². The Bertz CT molecular complexity index is 872. The molecule has 4 rings (SSSR count). The van der Waals surface area contributed by atoms with Crippen LogP contribution in [0, 0.1) is 0 Å². The van der Waals surface area contributed by atoms with Crippen LogP contribution in [0.25, 0.3) is 27.5 Å². The molecule has 0 N–H and O–H groups in total. The van der Waals surface area contributed by atoms with E-state index in [2.05, 4.69) is 34.3 Å². The van der Waals surface area contributed by atoms with E-state index in [1.807, 2.05) is 47.4 Å². The molecule has 2 aromatic heterocycles. The predicted molar refractivity (Wildman–Crippen MR) is 76.4 cm³/mol. The number of hydrogen-bond donors (Lipinski definition) is 0. The number of hydrogen-bond acceptors (Lipinski definition) is 2. The van der Waals surface area contributed by atoms with Crippen molar-refractivity contribution in [1.82, 2.24) is 14.8 Å². The summed E-state index contributed by atoms with van der Waals surface area (Å²) in [5, 5.41) is 7.88. The summed E-state index contributed by atoms with van der Waals surface area (Å²) >= 11 is 0. The van der Waals surface area contributed by atoms with Gasteiger partial charge < -0.3 is 0 Å². The van der Waals surface area contributed by atoms with Crippen molar-refractivity contribution in [3.05, 3.63) is 67.0 Å². The molecule has 2 aromatic carbocycles. The van der Waals surface area contributed by atoms with Crippen LogP contribution in [-0.2, 0) is 0 Å². The van der Waals surface area contributed by atoms with E-state index in [1.54, 1.807) is 0 Å². The fraction of sp³-hybridized carbons (Fsp3) is 0. The van der Waals surface area contributed by atoms with Gasteiger partial charge in [-0.05, 0) is 17.5 Å². The topological polar surface area (TPSA) is 30.7 Å². The fourth-order valence-electron chi connectivity index (χ4n) is 2.41. The zero-order chi connectivity index (χ0) is 12.7. The molecule has 4 aromatic rings. The first-order chi connectivity index (χ1) is 9.43. The molecule has 0 aliphatic heterocycles. The Morgan fingerprint density at radius 2 is 1.58 bits per heavy atom. The monoisotopic (exact) mass is 245 g/mol. The van der Waals surface area contributed by atoms with Gasteiger partial charge in [0, 0.05) is 17.0 Å². The second kappa shape index (κ2) is 3.92. The molecule has 0 aliphatic carbocycles. The number of rotatable bonds is 1. The molecule has 19 heavy (non-hydrogen) atoms. The van der Waals surface area contributed by atoms with Gasteiger partial charge >= 0.3 is 0 Å². The van der Waals surface area contributed by atoms with Crippen molar-refractivity contribution in [2.24, 2.45) is 0 Å². The number of nitrogens with zero attached hydrogens (tertiary/aromatic N) is 3. The Balaban J connectivity index is 2.10. The lowest BCUT2D eigenvalue weighted by Gasteiger charge is -2.06. The van der Waals surface area contributed by atoms with Crippen molar-refractivity contribution < 1.29 is 0 Å². The van der Waals surface area contributed by atoms with Gasteiger partial charge in [-0.3, -0.25) is 0 Å². The highest BCUT2D eigenvalue weighted by molar-refractivity contribution is 5.90. The van der Waals surface area contributed by atoms with Crippen LogP contribution >= 0.6 is 0 Å². The highest BCUT2D eigenvalue weighted by Gasteiger charge is 2.08. The second-order valence-corrected chi connectivity index (χ2v) is 4.47. The molecule has 0 bridgehead atoms. The first-order valence-electron chi connectivity index (χ1n) is 6.20. The fourth-order valence-corrected chi connectivity index (χ4v) is 2.41. The van der Waals surface area contributed by atoms with E-state index in [-0.39, 0.29) is 0 Å². The second-order valence-electron chi connectivity index (χ2n) is 4.47. The zero-order valence-electron chi connectivity index (χ0n) is 10.2. The molecule has 0 unspecified atom stereocenters. The normalized spacial score (nSPS) is 11.2. The highest BCUT2D eigenvalue weighted by atomic mass is 15.3. The maximum Gasteiger partial charge on any atom is 0.161 e. The average Bonchev–Trinajstić information content (AvgIpc) is 2.90. The van der Waals surface area contributed by atoms with Gasteiger partial charge in [-0.1, -0.05) is 42.5 Å². The summed E-state index contributed by atoms with van der Waals surface area (Å²) in [4.78, 5) is 4.50. The first-order valence-corrected chi connectivity index (χ1v) is 6.20. The third kappa shape index (κ3) is 1.52. The molecule has 0 radical (unpaired) electrons. The summed E-state index contributed by atoms with van der Waals surface area (Å²) in [6.45, 7) is 0. The molecule has 3 nitrogen and oxygen atoms in total. The minimum absolute atomic E-state index is 0.874. The molecule has 0 saturated carbocycles. The van der Waals surface area contributed by atoms with Gasteiger partial charge in [-0.25, -0.2) is 9.67 Å². The maximum absolute atomic E-state index is 4.50. The van der Waals surface area contributed by atoms with Gasteiger partial charge in [0.05, 0.1) is 11.7 Å². The lowest BCUT2D eigenvalue weighted by Crippen LogP contribution is -1.99. The summed E-state index contributed by atoms with van der Waals surface area (Å²) in [6.07, 6.45) is 3.70. The van der Waals surface area contributed by atoms with E-state index in [0.29, 0.717) is 0 Å². The van der Waals surface area contributed by atoms with Crippen LogP contribution in [0.1, 0.15) is 0 Å². The third-order valence-corrected chi connectivity index (χ3v) is 3.33. The van der Waals surface area contributed by atoms with Gasteiger partial charge in [0.2, 0.25) is 0 Å². The number of fused-ring (bicyclic) bond motifs is 2. The van der Waals surface area contributed by atoms with Crippen LogP contribution in [0.4, 0.5) is 0 Å².